The van der Waals surface area contributed by atoms with Crippen LogP contribution in [-0.4, -0.2) is 9.78 Å². The summed E-state index contributed by atoms with van der Waals surface area (Å²) in [5.74, 6) is 0. The Morgan fingerprint density at radius 1 is 1.12 bits per heavy atom. The van der Waals surface area contributed by atoms with E-state index >= 15 is 0 Å². The molecule has 2 aromatic carbocycles. The number of anilines is 1. The van der Waals surface area contributed by atoms with Gasteiger partial charge in [-0.15, -0.1) is 0 Å². The molecule has 0 spiro atoms. The van der Waals surface area contributed by atoms with Crippen LogP contribution < -0.4 is 5.73 Å². The van der Waals surface area contributed by atoms with Crippen LogP contribution >= 0.6 is 11.6 Å². The summed E-state index contributed by atoms with van der Waals surface area (Å²) in [6.45, 7) is 0. The van der Waals surface area contributed by atoms with Crippen molar-refractivity contribution in [1.82, 2.24) is 9.78 Å². The molecule has 1 aromatic heterocycles. The van der Waals surface area contributed by atoms with Crippen LogP contribution in [0.5, 0.6) is 0 Å². The van der Waals surface area contributed by atoms with Crippen LogP contribution in [-0.2, 0) is 0 Å². The van der Waals surface area contributed by atoms with Gasteiger partial charge in [0.1, 0.15) is 0 Å². The van der Waals surface area contributed by atoms with Crippen molar-refractivity contribution in [2.45, 2.75) is 0 Å². The van der Waals surface area contributed by atoms with Gasteiger partial charge in [0.15, 0.2) is 0 Å². The van der Waals surface area contributed by atoms with Crippen molar-refractivity contribution in [2.24, 2.45) is 0 Å². The zero-order valence-electron chi connectivity index (χ0n) is 8.97. The molecular weight excluding hydrogens is 234 g/mol. The molecule has 0 bridgehead atoms. The Hall–Kier alpha value is -2.00. The normalized spacial score (nSPS) is 10.9. The van der Waals surface area contributed by atoms with E-state index in [0.29, 0.717) is 10.7 Å². The SMILES string of the molecule is Nc1cccc(-n2ncc3ccc(Cl)cc32)c1. The molecular formula is C13H10ClN3. The first kappa shape index (κ1) is 10.2. The molecule has 0 unspecified atom stereocenters. The van der Waals surface area contributed by atoms with Gasteiger partial charge >= 0.3 is 0 Å². The third-order valence-electron chi connectivity index (χ3n) is 2.65. The summed E-state index contributed by atoms with van der Waals surface area (Å²) in [6, 6.07) is 13.3. The molecule has 0 fully saturated rings. The largest absolute Gasteiger partial charge is 0.399 e. The van der Waals surface area contributed by atoms with Crippen LogP contribution in [0.1, 0.15) is 0 Å². The van der Waals surface area contributed by atoms with Gasteiger partial charge in [-0.3, -0.25) is 0 Å². The summed E-state index contributed by atoms with van der Waals surface area (Å²) >= 11 is 6.00. The first-order valence-corrected chi connectivity index (χ1v) is 5.61. The van der Waals surface area contributed by atoms with Crippen molar-refractivity contribution < 1.29 is 0 Å². The van der Waals surface area contributed by atoms with E-state index in [2.05, 4.69) is 5.10 Å². The summed E-state index contributed by atoms with van der Waals surface area (Å²) < 4.78 is 1.83. The average Bonchev–Trinajstić information content (AvgIpc) is 2.71. The number of hydrogen-bond donors (Lipinski definition) is 1. The van der Waals surface area contributed by atoms with Crippen LogP contribution in [0.2, 0.25) is 5.02 Å². The van der Waals surface area contributed by atoms with Crippen molar-refractivity contribution in [3.63, 3.8) is 0 Å². The summed E-state index contributed by atoms with van der Waals surface area (Å²) in [7, 11) is 0. The molecule has 3 nitrogen and oxygen atoms in total. The zero-order valence-corrected chi connectivity index (χ0v) is 9.72. The van der Waals surface area contributed by atoms with Crippen LogP contribution in [0.3, 0.4) is 0 Å². The van der Waals surface area contributed by atoms with Crippen LogP contribution in [0.25, 0.3) is 16.6 Å². The van der Waals surface area contributed by atoms with E-state index in [1.807, 2.05) is 53.3 Å². The Morgan fingerprint density at radius 3 is 2.82 bits per heavy atom. The molecule has 0 atom stereocenters. The van der Waals surface area contributed by atoms with Crippen molar-refractivity contribution >= 4 is 28.2 Å². The lowest BCUT2D eigenvalue weighted by Crippen LogP contribution is -1.96. The number of nitrogen functional groups attached to an aromatic ring is 1. The van der Waals surface area contributed by atoms with Gasteiger partial charge in [-0.1, -0.05) is 17.7 Å². The highest BCUT2D eigenvalue weighted by molar-refractivity contribution is 6.31. The monoisotopic (exact) mass is 243 g/mol. The summed E-state index contributed by atoms with van der Waals surface area (Å²) in [4.78, 5) is 0. The van der Waals surface area contributed by atoms with Gasteiger partial charge in [0.05, 0.1) is 17.4 Å². The predicted octanol–water partition coefficient (Wildman–Crippen LogP) is 3.26. The quantitative estimate of drug-likeness (QED) is 0.667. The topological polar surface area (TPSA) is 43.8 Å². The summed E-state index contributed by atoms with van der Waals surface area (Å²) in [5.41, 5.74) is 8.40. The van der Waals surface area contributed by atoms with Crippen LogP contribution in [0, 0.1) is 0 Å². The second-order valence-corrected chi connectivity index (χ2v) is 4.29. The fourth-order valence-electron chi connectivity index (χ4n) is 1.85. The molecule has 0 aliphatic carbocycles. The average molecular weight is 244 g/mol. The molecule has 0 amide bonds. The van der Waals surface area contributed by atoms with E-state index in [4.69, 9.17) is 17.3 Å². The van der Waals surface area contributed by atoms with Crippen molar-refractivity contribution in [1.29, 1.82) is 0 Å². The maximum atomic E-state index is 6.00. The number of fused-ring (bicyclic) bond motifs is 1. The van der Waals surface area contributed by atoms with E-state index in [1.54, 1.807) is 0 Å². The number of nitrogens with two attached hydrogens (primary N) is 1. The predicted molar refractivity (Wildman–Crippen MR) is 70.5 cm³/mol. The molecule has 0 aliphatic rings. The molecule has 17 heavy (non-hydrogen) atoms. The zero-order chi connectivity index (χ0) is 11.8. The van der Waals surface area contributed by atoms with Gasteiger partial charge < -0.3 is 5.73 Å². The summed E-state index contributed by atoms with van der Waals surface area (Å²) in [5, 5.41) is 6.10. The van der Waals surface area contributed by atoms with E-state index in [-0.39, 0.29) is 0 Å². The highest BCUT2D eigenvalue weighted by atomic mass is 35.5. The molecule has 3 rings (SSSR count). The standard InChI is InChI=1S/C13H10ClN3/c14-10-5-4-9-8-16-17(13(9)6-10)12-3-1-2-11(15)7-12/h1-8H,15H2. The molecule has 4 heteroatoms. The van der Waals surface area contributed by atoms with Gasteiger partial charge in [0.2, 0.25) is 0 Å². The molecule has 84 valence electrons. The Balaban J connectivity index is 2.27. The number of halogens is 1. The highest BCUT2D eigenvalue weighted by Crippen LogP contribution is 2.22. The van der Waals surface area contributed by atoms with Gasteiger partial charge in [-0.05, 0) is 36.4 Å². The smallest absolute Gasteiger partial charge is 0.0755 e. The van der Waals surface area contributed by atoms with Crippen molar-refractivity contribution in [2.75, 3.05) is 5.73 Å². The highest BCUT2D eigenvalue weighted by Gasteiger charge is 2.05. The van der Waals surface area contributed by atoms with Gasteiger partial charge in [0, 0.05) is 16.1 Å². The van der Waals surface area contributed by atoms with E-state index in [1.165, 1.54) is 0 Å². The Kier molecular flexibility index (Phi) is 2.27. The lowest BCUT2D eigenvalue weighted by atomic mass is 10.2. The minimum absolute atomic E-state index is 0.697. The third-order valence-corrected chi connectivity index (χ3v) is 2.88. The number of hydrogen-bond acceptors (Lipinski definition) is 2. The Bertz CT molecular complexity index is 688. The molecule has 0 radical (unpaired) electrons. The molecule has 0 aliphatic heterocycles. The number of rotatable bonds is 1. The Morgan fingerprint density at radius 2 is 2.00 bits per heavy atom. The number of aromatic nitrogens is 2. The molecule has 3 aromatic rings. The minimum atomic E-state index is 0.697. The maximum Gasteiger partial charge on any atom is 0.0755 e. The molecule has 2 N–H and O–H groups in total. The molecule has 0 saturated carbocycles. The van der Waals surface area contributed by atoms with E-state index in [9.17, 15) is 0 Å². The molecule has 0 saturated heterocycles. The number of nitrogens with zero attached hydrogens (tertiary/aromatic N) is 2. The van der Waals surface area contributed by atoms with Gasteiger partial charge in [-0.25, -0.2) is 4.68 Å². The third kappa shape index (κ3) is 1.74. The number of benzene rings is 2. The maximum absolute atomic E-state index is 6.00. The fraction of sp³-hybridized carbons (Fsp3) is 0. The second-order valence-electron chi connectivity index (χ2n) is 3.85. The lowest BCUT2D eigenvalue weighted by Gasteiger charge is -2.04. The first-order valence-electron chi connectivity index (χ1n) is 5.23. The van der Waals surface area contributed by atoms with Crippen molar-refractivity contribution in [3.8, 4) is 5.69 Å². The van der Waals surface area contributed by atoms with Gasteiger partial charge in [-0.2, -0.15) is 5.10 Å². The minimum Gasteiger partial charge on any atom is -0.399 e. The van der Waals surface area contributed by atoms with E-state index in [0.717, 1.165) is 16.6 Å². The van der Waals surface area contributed by atoms with E-state index < -0.39 is 0 Å². The second kappa shape index (κ2) is 3.79. The van der Waals surface area contributed by atoms with Crippen LogP contribution in [0.15, 0.2) is 48.7 Å². The van der Waals surface area contributed by atoms with Gasteiger partial charge in [0.25, 0.3) is 0 Å². The molecule has 1 heterocycles. The Labute approximate surface area is 103 Å². The fourth-order valence-corrected chi connectivity index (χ4v) is 2.02. The van der Waals surface area contributed by atoms with Crippen molar-refractivity contribution in [3.05, 3.63) is 53.7 Å². The first-order chi connectivity index (χ1) is 8.24. The lowest BCUT2D eigenvalue weighted by molar-refractivity contribution is 0.911. The van der Waals surface area contributed by atoms with Crippen LogP contribution in [0.4, 0.5) is 5.69 Å². The summed E-state index contributed by atoms with van der Waals surface area (Å²) in [6.07, 6.45) is 1.81.